The van der Waals surface area contributed by atoms with E-state index in [0.29, 0.717) is 37.1 Å². The molecule has 0 atom stereocenters. The fourth-order valence-corrected chi connectivity index (χ4v) is 4.65. The monoisotopic (exact) mass is 455 g/mol. The third-order valence-corrected chi connectivity index (χ3v) is 6.55. The van der Waals surface area contributed by atoms with Gasteiger partial charge in [-0.25, -0.2) is 13.8 Å². The summed E-state index contributed by atoms with van der Waals surface area (Å²) in [5, 5.41) is 3.46. The molecule has 2 aromatic carbocycles. The first-order valence-corrected chi connectivity index (χ1v) is 11.2. The highest BCUT2D eigenvalue weighted by Gasteiger charge is 2.29. The number of carbonyl (C=O) groups is 2. The van der Waals surface area contributed by atoms with Gasteiger partial charge in [0, 0.05) is 35.5 Å². The fourth-order valence-electron chi connectivity index (χ4n) is 3.81. The normalized spacial score (nSPS) is 14.4. The van der Waals surface area contributed by atoms with Crippen LogP contribution in [0.4, 0.5) is 13.9 Å². The van der Waals surface area contributed by atoms with Crippen LogP contribution in [0.5, 0.6) is 0 Å². The van der Waals surface area contributed by atoms with E-state index in [4.69, 9.17) is 0 Å². The third kappa shape index (κ3) is 4.70. The van der Waals surface area contributed by atoms with E-state index in [-0.39, 0.29) is 17.4 Å². The van der Waals surface area contributed by atoms with Gasteiger partial charge < -0.3 is 10.2 Å². The summed E-state index contributed by atoms with van der Waals surface area (Å²) in [6.07, 6.45) is 0.936. The van der Waals surface area contributed by atoms with Gasteiger partial charge in [0.1, 0.15) is 11.6 Å². The molecule has 166 valence electrons. The molecule has 0 bridgehead atoms. The lowest BCUT2D eigenvalue weighted by molar-refractivity contribution is -0.121. The number of carbonyl (C=O) groups excluding carboxylic acids is 2. The molecule has 4 rings (SSSR count). The summed E-state index contributed by atoms with van der Waals surface area (Å²) in [6, 6.07) is 11.0. The molecule has 0 radical (unpaired) electrons. The Morgan fingerprint density at radius 2 is 1.75 bits per heavy atom. The van der Waals surface area contributed by atoms with Crippen molar-refractivity contribution in [3.8, 4) is 11.3 Å². The van der Waals surface area contributed by atoms with Crippen molar-refractivity contribution in [3.63, 3.8) is 0 Å². The van der Waals surface area contributed by atoms with Crippen LogP contribution >= 0.6 is 11.3 Å². The largest absolute Gasteiger partial charge is 0.339 e. The number of piperidine rings is 1. The minimum absolute atomic E-state index is 0.130. The molecule has 8 heteroatoms. The highest BCUT2D eigenvalue weighted by molar-refractivity contribution is 7.16. The summed E-state index contributed by atoms with van der Waals surface area (Å²) in [5.74, 6) is -2.48. The summed E-state index contributed by atoms with van der Waals surface area (Å²) in [5.41, 5.74) is 2.87. The number of benzene rings is 2. The van der Waals surface area contributed by atoms with Gasteiger partial charge in [-0.1, -0.05) is 29.8 Å². The number of halogens is 2. The van der Waals surface area contributed by atoms with Gasteiger partial charge in [0.2, 0.25) is 5.91 Å². The van der Waals surface area contributed by atoms with Gasteiger partial charge in [0.05, 0.1) is 11.3 Å². The number of anilines is 1. The van der Waals surface area contributed by atoms with Gasteiger partial charge in [-0.3, -0.25) is 9.59 Å². The van der Waals surface area contributed by atoms with E-state index in [0.717, 1.165) is 28.3 Å². The molecular formula is C24H23F2N3O2S. The average Bonchev–Trinajstić information content (AvgIpc) is 3.14. The zero-order chi connectivity index (χ0) is 22.8. The smallest absolute Gasteiger partial charge is 0.256 e. The maximum atomic E-state index is 13.9. The SMILES string of the molecule is Cc1ccc(-c2nc(NC(=O)C3CCN(C(=O)c4ccc(F)cc4F)CC3)sc2C)cc1. The number of amides is 2. The minimum atomic E-state index is -0.876. The van der Waals surface area contributed by atoms with Crippen molar-refractivity contribution in [1.29, 1.82) is 0 Å². The van der Waals surface area contributed by atoms with Crippen molar-refractivity contribution in [2.75, 3.05) is 18.4 Å². The second-order valence-electron chi connectivity index (χ2n) is 7.97. The van der Waals surface area contributed by atoms with Crippen LogP contribution in [-0.2, 0) is 4.79 Å². The molecular weight excluding hydrogens is 432 g/mol. The van der Waals surface area contributed by atoms with E-state index >= 15 is 0 Å². The van der Waals surface area contributed by atoms with E-state index in [1.165, 1.54) is 21.8 Å². The number of nitrogens with one attached hydrogen (secondary N) is 1. The Hall–Kier alpha value is -3.13. The summed E-state index contributed by atoms with van der Waals surface area (Å²) in [7, 11) is 0. The maximum absolute atomic E-state index is 13.9. The first-order valence-electron chi connectivity index (χ1n) is 10.4. The van der Waals surface area contributed by atoms with Gasteiger partial charge in [0.15, 0.2) is 5.13 Å². The molecule has 0 saturated carbocycles. The van der Waals surface area contributed by atoms with Gasteiger partial charge in [0.25, 0.3) is 5.91 Å². The van der Waals surface area contributed by atoms with Crippen LogP contribution in [0.1, 0.15) is 33.6 Å². The zero-order valence-electron chi connectivity index (χ0n) is 17.8. The molecule has 0 unspecified atom stereocenters. The molecule has 1 aromatic heterocycles. The topological polar surface area (TPSA) is 62.3 Å². The Morgan fingerprint density at radius 3 is 2.41 bits per heavy atom. The van der Waals surface area contributed by atoms with Crippen LogP contribution in [0.2, 0.25) is 0 Å². The average molecular weight is 456 g/mol. The number of aryl methyl sites for hydroxylation is 2. The lowest BCUT2D eigenvalue weighted by Gasteiger charge is -2.31. The molecule has 5 nitrogen and oxygen atoms in total. The summed E-state index contributed by atoms with van der Waals surface area (Å²) in [4.78, 5) is 32.4. The summed E-state index contributed by atoms with van der Waals surface area (Å²) >= 11 is 1.43. The molecule has 1 saturated heterocycles. The first-order chi connectivity index (χ1) is 15.3. The Morgan fingerprint density at radius 1 is 1.06 bits per heavy atom. The lowest BCUT2D eigenvalue weighted by Crippen LogP contribution is -2.41. The zero-order valence-corrected chi connectivity index (χ0v) is 18.6. The predicted octanol–water partition coefficient (Wildman–Crippen LogP) is 5.20. The van der Waals surface area contributed by atoms with Gasteiger partial charge in [-0.15, -0.1) is 11.3 Å². The highest BCUT2D eigenvalue weighted by Crippen LogP contribution is 2.31. The number of hydrogen-bond donors (Lipinski definition) is 1. The van der Waals surface area contributed by atoms with Crippen molar-refractivity contribution < 1.29 is 18.4 Å². The number of hydrogen-bond acceptors (Lipinski definition) is 4. The Labute approximate surface area is 189 Å². The van der Waals surface area contributed by atoms with Crippen LogP contribution in [0.25, 0.3) is 11.3 Å². The van der Waals surface area contributed by atoms with Crippen molar-refractivity contribution in [1.82, 2.24) is 9.88 Å². The molecule has 1 fully saturated rings. The van der Waals surface area contributed by atoms with Crippen LogP contribution < -0.4 is 5.32 Å². The number of likely N-dealkylation sites (tertiary alicyclic amines) is 1. The third-order valence-electron chi connectivity index (χ3n) is 5.67. The molecule has 2 heterocycles. The van der Waals surface area contributed by atoms with Crippen molar-refractivity contribution in [2.45, 2.75) is 26.7 Å². The molecule has 0 aliphatic carbocycles. The molecule has 32 heavy (non-hydrogen) atoms. The maximum Gasteiger partial charge on any atom is 0.256 e. The number of nitrogens with zero attached hydrogens (tertiary/aromatic N) is 2. The summed E-state index contributed by atoms with van der Waals surface area (Å²) < 4.78 is 27.0. The number of rotatable bonds is 4. The fraction of sp³-hybridized carbons (Fsp3) is 0.292. The summed E-state index contributed by atoms with van der Waals surface area (Å²) in [6.45, 7) is 4.66. The molecule has 0 spiro atoms. The number of thiazole rings is 1. The Balaban J connectivity index is 1.36. The molecule has 1 aliphatic heterocycles. The van der Waals surface area contributed by atoms with Crippen LogP contribution in [-0.4, -0.2) is 34.8 Å². The van der Waals surface area contributed by atoms with E-state index in [9.17, 15) is 18.4 Å². The van der Waals surface area contributed by atoms with Crippen LogP contribution in [0, 0.1) is 31.4 Å². The van der Waals surface area contributed by atoms with E-state index in [1.807, 2.05) is 38.1 Å². The van der Waals surface area contributed by atoms with Crippen molar-refractivity contribution in [2.24, 2.45) is 5.92 Å². The second kappa shape index (κ2) is 9.16. The van der Waals surface area contributed by atoms with Crippen LogP contribution in [0.15, 0.2) is 42.5 Å². The second-order valence-corrected chi connectivity index (χ2v) is 9.17. The molecule has 1 aliphatic rings. The van der Waals surface area contributed by atoms with Crippen LogP contribution in [0.3, 0.4) is 0 Å². The van der Waals surface area contributed by atoms with Gasteiger partial charge in [-0.05, 0) is 38.8 Å². The van der Waals surface area contributed by atoms with Crippen molar-refractivity contribution in [3.05, 3.63) is 70.1 Å². The lowest BCUT2D eigenvalue weighted by atomic mass is 9.95. The minimum Gasteiger partial charge on any atom is -0.339 e. The van der Waals surface area contributed by atoms with E-state index < -0.39 is 17.5 Å². The molecule has 2 amide bonds. The van der Waals surface area contributed by atoms with E-state index in [1.54, 1.807) is 0 Å². The Kier molecular flexibility index (Phi) is 6.32. The highest BCUT2D eigenvalue weighted by atomic mass is 32.1. The van der Waals surface area contributed by atoms with Crippen molar-refractivity contribution >= 4 is 28.3 Å². The van der Waals surface area contributed by atoms with E-state index in [2.05, 4.69) is 10.3 Å². The first kappa shape index (κ1) is 22.1. The Bertz CT molecular complexity index is 1150. The standard InChI is InChI=1S/C24H23F2N3O2S/c1-14-3-5-16(6-4-14)21-15(2)32-24(27-21)28-22(30)17-9-11-29(12-10-17)23(31)19-8-7-18(25)13-20(19)26/h3-8,13,17H,9-12H2,1-2H3,(H,27,28,30). The molecule has 3 aromatic rings. The predicted molar refractivity (Wildman–Crippen MR) is 121 cm³/mol. The van der Waals surface area contributed by atoms with Gasteiger partial charge in [-0.2, -0.15) is 0 Å². The van der Waals surface area contributed by atoms with Gasteiger partial charge >= 0.3 is 0 Å². The quantitative estimate of drug-likeness (QED) is 0.589. The number of aromatic nitrogens is 1. The molecule has 1 N–H and O–H groups in total.